The zero-order chi connectivity index (χ0) is 60.0. The van der Waals surface area contributed by atoms with Gasteiger partial charge in [-0.2, -0.15) is 0 Å². The zero-order valence-corrected chi connectivity index (χ0v) is 49.5. The van der Waals surface area contributed by atoms with Crippen molar-refractivity contribution in [3.8, 4) is 0 Å². The number of Topliss-reactive ketones (excluding diaryl/α,β-unsaturated/α-hetero) is 3. The maximum absolute atomic E-state index is 14.7. The van der Waals surface area contributed by atoms with Crippen LogP contribution in [0.3, 0.4) is 0 Å². The van der Waals surface area contributed by atoms with Crippen LogP contribution in [0.1, 0.15) is 138 Å². The number of ether oxygens (including phenoxy) is 9. The molecule has 4 rings (SSSR count). The predicted octanol–water partition coefficient (Wildman–Crippen LogP) is 8.59. The second kappa shape index (κ2) is 33.5. The Balaban J connectivity index is 1.77. The van der Waals surface area contributed by atoms with E-state index in [1.54, 1.807) is 40.9 Å². The monoisotopic (exact) mass is 1140 g/mol. The SMILES string of the molecule is C=CCOC(=O)CCC(=O)O[C@@H]1/C(C)=C/[C@@H](C)C(=O)C[C@@H]([C@H](C)C[C@@H]2CC[C@@H](OC(=O)OCC=C)[C@H](OC)C2)OC(=O)[C@@H]2CCCCN2C(=O)C(=O)[C@]2(O)O[C@@H](CC[C@H]2C)C[C@H](OC)/C(C)=C/C=C/C=C/[C@@H](C)C[C@@H](C)C(=O)[C@@H]1OC. The summed E-state index contributed by atoms with van der Waals surface area (Å²) >= 11 is 0. The number of carbonyl (C=O) groups is 8. The summed E-state index contributed by atoms with van der Waals surface area (Å²) in [7, 11) is 4.41. The number of amides is 1. The molecular formula is C62H91NO18. The van der Waals surface area contributed by atoms with E-state index in [-0.39, 0.29) is 75.3 Å². The van der Waals surface area contributed by atoms with Crippen LogP contribution >= 0.6 is 0 Å². The van der Waals surface area contributed by atoms with E-state index in [1.807, 2.05) is 51.2 Å². The molecule has 3 fully saturated rings. The fourth-order valence-corrected chi connectivity index (χ4v) is 11.3. The lowest BCUT2D eigenvalue weighted by atomic mass is 9.78. The molecule has 0 radical (unpaired) electrons. The number of hydrogen-bond acceptors (Lipinski definition) is 18. The van der Waals surface area contributed by atoms with E-state index in [1.165, 1.54) is 26.4 Å². The van der Waals surface area contributed by atoms with Gasteiger partial charge in [0, 0.05) is 58.5 Å². The van der Waals surface area contributed by atoms with Gasteiger partial charge in [-0.25, -0.2) is 9.59 Å². The molecule has 19 nitrogen and oxygen atoms in total. The van der Waals surface area contributed by atoms with E-state index in [0.717, 1.165) is 10.5 Å². The summed E-state index contributed by atoms with van der Waals surface area (Å²) in [5, 5.41) is 12.1. The van der Waals surface area contributed by atoms with Crippen molar-refractivity contribution in [2.45, 2.75) is 193 Å². The van der Waals surface area contributed by atoms with Gasteiger partial charge in [-0.15, -0.1) is 0 Å². The Bertz CT molecular complexity index is 2300. The Morgan fingerprint density at radius 2 is 1.49 bits per heavy atom. The van der Waals surface area contributed by atoms with Gasteiger partial charge in [-0.05, 0) is 107 Å². The molecule has 1 saturated carbocycles. The van der Waals surface area contributed by atoms with Crippen molar-refractivity contribution in [2.75, 3.05) is 41.1 Å². The lowest BCUT2D eigenvalue weighted by Crippen LogP contribution is -2.61. The van der Waals surface area contributed by atoms with E-state index in [2.05, 4.69) is 13.2 Å². The molecule has 19 heteroatoms. The maximum atomic E-state index is 14.7. The summed E-state index contributed by atoms with van der Waals surface area (Å²) in [6.07, 6.45) is 10.7. The Morgan fingerprint density at radius 1 is 0.790 bits per heavy atom. The topological polar surface area (TPSA) is 243 Å². The number of cyclic esters (lactones) is 1. The number of nitrogens with zero attached hydrogens (tertiary/aromatic N) is 1. The van der Waals surface area contributed by atoms with E-state index >= 15 is 0 Å². The summed E-state index contributed by atoms with van der Waals surface area (Å²) in [4.78, 5) is 112. The number of aliphatic hydroxyl groups is 1. The van der Waals surface area contributed by atoms with E-state index in [9.17, 15) is 43.5 Å². The lowest BCUT2D eigenvalue weighted by Gasteiger charge is -2.42. The van der Waals surface area contributed by atoms with Crippen molar-refractivity contribution in [2.24, 2.45) is 35.5 Å². The van der Waals surface area contributed by atoms with Gasteiger partial charge in [-0.3, -0.25) is 28.8 Å². The van der Waals surface area contributed by atoms with Gasteiger partial charge in [0.15, 0.2) is 18.0 Å². The number of fused-ring (bicyclic) bond motifs is 3. The minimum Gasteiger partial charge on any atom is -0.461 e. The highest BCUT2D eigenvalue weighted by Crippen LogP contribution is 2.38. The summed E-state index contributed by atoms with van der Waals surface area (Å²) < 4.78 is 51.7. The lowest BCUT2D eigenvalue weighted by molar-refractivity contribution is -0.265. The molecule has 81 heavy (non-hydrogen) atoms. The molecule has 0 spiro atoms. The van der Waals surface area contributed by atoms with E-state index in [4.69, 9.17) is 42.6 Å². The van der Waals surface area contributed by atoms with Gasteiger partial charge in [0.05, 0.1) is 31.2 Å². The molecule has 1 N–H and O–H groups in total. The molecule has 0 aromatic rings. The molecule has 15 atom stereocenters. The fourth-order valence-electron chi connectivity index (χ4n) is 11.3. The van der Waals surface area contributed by atoms with Crippen molar-refractivity contribution >= 4 is 47.3 Å². The van der Waals surface area contributed by atoms with Crippen LogP contribution in [-0.4, -0.2) is 153 Å². The Kier molecular flexibility index (Phi) is 28.1. The van der Waals surface area contributed by atoms with Gasteiger partial charge in [0.2, 0.25) is 5.79 Å². The molecule has 1 amide bonds. The summed E-state index contributed by atoms with van der Waals surface area (Å²) in [5.41, 5.74) is 1.15. The first-order chi connectivity index (χ1) is 38.5. The summed E-state index contributed by atoms with van der Waals surface area (Å²) in [5.74, 6) is -10.6. The highest BCUT2D eigenvalue weighted by atomic mass is 16.7. The van der Waals surface area contributed by atoms with Gasteiger partial charge in [-0.1, -0.05) is 96.4 Å². The third kappa shape index (κ3) is 20.1. The van der Waals surface area contributed by atoms with Crippen molar-refractivity contribution in [1.29, 1.82) is 0 Å². The van der Waals surface area contributed by atoms with E-state index < -0.39 is 114 Å². The highest BCUT2D eigenvalue weighted by molar-refractivity contribution is 6.39. The van der Waals surface area contributed by atoms with Crippen LogP contribution in [0.5, 0.6) is 0 Å². The van der Waals surface area contributed by atoms with Crippen LogP contribution in [0.25, 0.3) is 0 Å². The average Bonchev–Trinajstić information content (AvgIpc) is 3.49. The molecule has 2 saturated heterocycles. The Labute approximate surface area is 479 Å². The molecule has 0 aromatic heterocycles. The van der Waals surface area contributed by atoms with Crippen LogP contribution in [0.15, 0.2) is 72.9 Å². The first-order valence-corrected chi connectivity index (χ1v) is 28.7. The van der Waals surface area contributed by atoms with Crippen LogP contribution in [0.4, 0.5) is 4.79 Å². The number of hydrogen-bond donors (Lipinski definition) is 1. The molecular weight excluding hydrogens is 1050 g/mol. The molecule has 0 unspecified atom stereocenters. The predicted molar refractivity (Wildman–Crippen MR) is 300 cm³/mol. The number of carbonyl (C=O) groups excluding carboxylic acids is 8. The molecule has 3 aliphatic heterocycles. The highest BCUT2D eigenvalue weighted by Gasteiger charge is 2.53. The smallest absolute Gasteiger partial charge is 0.461 e. The number of esters is 3. The standard InChI is InChI=1S/C62H91NO18/c1-13-30-76-53(65)27-28-54(66)80-56-43(8)33-40(5)48(64)37-51(41(6)34-45-24-26-49(52(35-45)74-11)79-61(71)77-31-14-2)78-60(70)47-22-18-19-29-63(47)59(69)58(68)62(72)44(9)23-25-46(81-62)36-50(73-10)39(4)21-17-15-16-20-38(3)32-42(7)55(67)57(56)75-12/h13-17,20-21,33,38,40-42,44-47,49-52,56-57,72H,1-2,18-19,22-32,34-37H2,3-12H3/b17-15+,20-16+,39-21+,43-33+/t38-,40-,41-,42-,44-,45+,46+,47+,49-,50+,51+,52-,56-,57+,62-/m1/s1. The van der Waals surface area contributed by atoms with Crippen molar-refractivity contribution in [3.05, 3.63) is 72.9 Å². The van der Waals surface area contributed by atoms with Crippen LogP contribution in [0.2, 0.25) is 0 Å². The van der Waals surface area contributed by atoms with Gasteiger partial charge in [0.25, 0.3) is 11.7 Å². The fraction of sp³-hybridized carbons (Fsp3) is 0.677. The van der Waals surface area contributed by atoms with Gasteiger partial charge >= 0.3 is 24.1 Å². The molecule has 0 aromatic carbocycles. The molecule has 2 bridgehead atoms. The van der Waals surface area contributed by atoms with Crippen LogP contribution in [-0.2, 0) is 76.2 Å². The Morgan fingerprint density at radius 3 is 2.17 bits per heavy atom. The largest absolute Gasteiger partial charge is 0.508 e. The second-order valence-electron chi connectivity index (χ2n) is 22.5. The van der Waals surface area contributed by atoms with Crippen molar-refractivity contribution in [1.82, 2.24) is 4.90 Å². The van der Waals surface area contributed by atoms with Crippen LogP contribution in [0, 0.1) is 35.5 Å². The number of piperidine rings is 1. The minimum atomic E-state index is -2.49. The Hall–Kier alpha value is -5.60. The van der Waals surface area contributed by atoms with Crippen molar-refractivity contribution in [3.63, 3.8) is 0 Å². The normalized spacial score (nSPS) is 34.3. The number of ketones is 3. The third-order valence-electron chi connectivity index (χ3n) is 16.1. The number of methoxy groups -OCH3 is 3. The molecule has 452 valence electrons. The third-order valence-corrected chi connectivity index (χ3v) is 16.1. The maximum Gasteiger partial charge on any atom is 0.508 e. The number of rotatable bonds is 15. The summed E-state index contributed by atoms with van der Waals surface area (Å²) in [6, 6.07) is -1.23. The van der Waals surface area contributed by atoms with Gasteiger partial charge in [0.1, 0.15) is 37.2 Å². The van der Waals surface area contributed by atoms with E-state index in [0.29, 0.717) is 63.4 Å². The number of allylic oxidation sites excluding steroid dienone is 6. The average molecular weight is 1140 g/mol. The minimum absolute atomic E-state index is 0.0178. The molecule has 4 aliphatic rings. The van der Waals surface area contributed by atoms with Crippen molar-refractivity contribution < 1.29 is 86.1 Å². The zero-order valence-electron chi connectivity index (χ0n) is 49.5. The quantitative estimate of drug-likeness (QED) is 0.0698. The molecule has 3 heterocycles. The first-order valence-electron chi connectivity index (χ1n) is 28.7. The van der Waals surface area contributed by atoms with Gasteiger partial charge < -0.3 is 52.6 Å². The van der Waals surface area contributed by atoms with Crippen LogP contribution < -0.4 is 0 Å². The first kappa shape index (κ1) is 67.9. The summed E-state index contributed by atoms with van der Waals surface area (Å²) in [6.45, 7) is 19.4. The second-order valence-corrected chi connectivity index (χ2v) is 22.5. The molecule has 1 aliphatic carbocycles.